The summed E-state index contributed by atoms with van der Waals surface area (Å²) in [5.74, 6) is 2.52. The quantitative estimate of drug-likeness (QED) is 0.356. The van der Waals surface area contributed by atoms with E-state index in [-0.39, 0.29) is 44.2 Å². The average Bonchev–Trinajstić information content (AvgIpc) is 3.15. The van der Waals surface area contributed by atoms with Crippen molar-refractivity contribution in [1.82, 2.24) is 10.0 Å². The first-order valence-electron chi connectivity index (χ1n) is 8.57. The lowest BCUT2D eigenvalue weighted by Gasteiger charge is -2.08. The minimum Gasteiger partial charge on any atom is -0.494 e. The number of amides is 1. The number of nitrogens with two attached hydrogens (primary N) is 1. The van der Waals surface area contributed by atoms with Gasteiger partial charge in [0.2, 0.25) is 10.0 Å². The Morgan fingerprint density at radius 1 is 1.29 bits per heavy atom. The summed E-state index contributed by atoms with van der Waals surface area (Å²) in [4.78, 5) is 15.5. The van der Waals surface area contributed by atoms with Crippen LogP contribution in [0.2, 0.25) is 0 Å². The van der Waals surface area contributed by atoms with Crippen LogP contribution in [0, 0.1) is 17.7 Å². The Hall–Kier alpha value is -3.72. The lowest BCUT2D eigenvalue weighted by atomic mass is 10.1. The van der Waals surface area contributed by atoms with Gasteiger partial charge in [0.25, 0.3) is 5.89 Å². The highest BCUT2D eigenvalue weighted by Gasteiger charge is 2.23. The second-order valence-corrected chi connectivity index (χ2v) is 7.70. The number of ether oxygens (including phenoxy) is 1. The molecule has 1 amide bonds. The first-order chi connectivity index (χ1) is 14.6. The van der Waals surface area contributed by atoms with Crippen LogP contribution in [0.1, 0.15) is 5.89 Å². The van der Waals surface area contributed by atoms with Gasteiger partial charge in [0, 0.05) is 30.0 Å². The summed E-state index contributed by atoms with van der Waals surface area (Å²) in [6.45, 7) is 0. The minimum atomic E-state index is -4.14. The second-order valence-electron chi connectivity index (χ2n) is 6.17. The van der Waals surface area contributed by atoms with E-state index >= 15 is 0 Å². The number of carbonyl (C=O) groups is 1. The topological polar surface area (TPSA) is 136 Å². The Morgan fingerprint density at radius 2 is 2.00 bits per heavy atom. The molecule has 0 aliphatic rings. The summed E-state index contributed by atoms with van der Waals surface area (Å²) >= 11 is 0. The maximum atomic E-state index is 14.3. The van der Waals surface area contributed by atoms with Gasteiger partial charge in [-0.1, -0.05) is 12.1 Å². The Bertz CT molecular complexity index is 1320. The van der Waals surface area contributed by atoms with E-state index in [9.17, 15) is 17.6 Å². The zero-order chi connectivity index (χ0) is 22.8. The number of methoxy groups -OCH3 is 1. The molecule has 2 aromatic carbocycles. The smallest absolute Gasteiger partial charge is 0.322 e. The third-order valence-electron chi connectivity index (χ3n) is 4.06. The average molecular weight is 445 g/mol. The van der Waals surface area contributed by atoms with Crippen molar-refractivity contribution in [3.05, 3.63) is 54.2 Å². The van der Waals surface area contributed by atoms with Crippen LogP contribution in [-0.2, 0) is 14.8 Å². The van der Waals surface area contributed by atoms with E-state index in [0.717, 1.165) is 13.1 Å². The van der Waals surface area contributed by atoms with E-state index in [2.05, 4.69) is 16.8 Å². The summed E-state index contributed by atoms with van der Waals surface area (Å²) in [6.07, 6.45) is 0. The Kier molecular flexibility index (Phi) is 6.07. The standard InChI is InChI=1S/C20H16FN3O6S/c1-24(26)18(25)10-9-17-23-19(12-7-8-15(29-2)14(21)11-12)20(30-17)13-5-3-4-6-16(13)31(22,27)28/h3-8,11,26H,1-2H3,(H2,22,27,28). The van der Waals surface area contributed by atoms with Crippen LogP contribution in [0.5, 0.6) is 5.75 Å². The summed E-state index contributed by atoms with van der Waals surface area (Å²) < 4.78 is 48.9. The number of hydrogen-bond acceptors (Lipinski definition) is 7. The molecule has 160 valence electrons. The first-order valence-corrected chi connectivity index (χ1v) is 10.1. The highest BCUT2D eigenvalue weighted by Crippen LogP contribution is 2.37. The van der Waals surface area contributed by atoms with Crippen LogP contribution >= 0.6 is 0 Å². The number of benzene rings is 2. The van der Waals surface area contributed by atoms with E-state index in [4.69, 9.17) is 19.5 Å². The molecule has 1 aromatic heterocycles. The molecule has 9 nitrogen and oxygen atoms in total. The first kappa shape index (κ1) is 22.0. The van der Waals surface area contributed by atoms with Crippen molar-refractivity contribution in [2.75, 3.05) is 14.2 Å². The van der Waals surface area contributed by atoms with Crippen molar-refractivity contribution in [2.45, 2.75) is 4.90 Å². The van der Waals surface area contributed by atoms with Gasteiger partial charge < -0.3 is 9.15 Å². The number of rotatable bonds is 4. The number of hydrogen-bond donors (Lipinski definition) is 2. The van der Waals surface area contributed by atoms with Gasteiger partial charge in [0.05, 0.1) is 12.0 Å². The van der Waals surface area contributed by atoms with Crippen molar-refractivity contribution in [1.29, 1.82) is 0 Å². The predicted octanol–water partition coefficient (Wildman–Crippen LogP) is 2.00. The molecule has 1 heterocycles. The van der Waals surface area contributed by atoms with E-state index in [0.29, 0.717) is 0 Å². The molecule has 0 saturated carbocycles. The molecular formula is C20H16FN3O6S. The van der Waals surface area contributed by atoms with Crippen molar-refractivity contribution >= 4 is 15.9 Å². The Morgan fingerprint density at radius 3 is 2.61 bits per heavy atom. The highest BCUT2D eigenvalue weighted by atomic mass is 32.2. The lowest BCUT2D eigenvalue weighted by Crippen LogP contribution is -2.20. The van der Waals surface area contributed by atoms with Gasteiger partial charge in [-0.25, -0.2) is 28.0 Å². The summed E-state index contributed by atoms with van der Waals surface area (Å²) in [5.41, 5.74) is 0.369. The highest BCUT2D eigenvalue weighted by molar-refractivity contribution is 7.89. The Labute approximate surface area is 176 Å². The maximum absolute atomic E-state index is 14.3. The van der Waals surface area contributed by atoms with Crippen LogP contribution in [-0.4, -0.2) is 43.7 Å². The molecule has 3 N–H and O–H groups in total. The van der Waals surface area contributed by atoms with Gasteiger partial charge in [-0.3, -0.25) is 10.0 Å². The van der Waals surface area contributed by atoms with Crippen molar-refractivity contribution in [3.8, 4) is 40.2 Å². The fourth-order valence-electron chi connectivity index (χ4n) is 2.66. The van der Waals surface area contributed by atoms with Crippen LogP contribution in [0.4, 0.5) is 4.39 Å². The van der Waals surface area contributed by atoms with Crippen molar-refractivity contribution < 1.29 is 32.0 Å². The van der Waals surface area contributed by atoms with Gasteiger partial charge in [0.1, 0.15) is 5.69 Å². The second kappa shape index (κ2) is 8.57. The fourth-order valence-corrected chi connectivity index (χ4v) is 3.39. The van der Waals surface area contributed by atoms with Gasteiger partial charge in [-0.15, -0.1) is 0 Å². The zero-order valence-corrected chi connectivity index (χ0v) is 17.1. The molecule has 0 radical (unpaired) electrons. The molecule has 0 aliphatic heterocycles. The molecule has 0 saturated heterocycles. The van der Waals surface area contributed by atoms with E-state index in [1.165, 1.54) is 37.4 Å². The molecule has 0 unspecified atom stereocenters. The van der Waals surface area contributed by atoms with Crippen molar-refractivity contribution in [2.24, 2.45) is 5.14 Å². The largest absolute Gasteiger partial charge is 0.494 e. The number of sulfonamides is 1. The van der Waals surface area contributed by atoms with E-state index < -0.39 is 21.7 Å². The summed E-state index contributed by atoms with van der Waals surface area (Å²) in [7, 11) is -1.74. The molecular weight excluding hydrogens is 429 g/mol. The number of carbonyl (C=O) groups excluding carboxylic acids is 1. The molecule has 3 aromatic rings. The number of nitrogens with zero attached hydrogens (tertiary/aromatic N) is 2. The fraction of sp³-hybridized carbons (Fsp3) is 0.100. The van der Waals surface area contributed by atoms with Gasteiger partial charge in [-0.2, -0.15) is 0 Å². The van der Waals surface area contributed by atoms with Gasteiger partial charge in [-0.05, 0) is 30.3 Å². The minimum absolute atomic E-state index is 0.00433. The van der Waals surface area contributed by atoms with Crippen LogP contribution in [0.25, 0.3) is 22.6 Å². The molecule has 31 heavy (non-hydrogen) atoms. The third kappa shape index (κ3) is 4.72. The van der Waals surface area contributed by atoms with Gasteiger partial charge >= 0.3 is 5.91 Å². The Balaban J connectivity index is 2.25. The lowest BCUT2D eigenvalue weighted by molar-refractivity contribution is -0.152. The molecule has 0 spiro atoms. The SMILES string of the molecule is COc1ccc(-c2nc(C#CC(=O)N(C)O)oc2-c2ccccc2S(N)(=O)=O)cc1F. The molecule has 0 aliphatic carbocycles. The van der Waals surface area contributed by atoms with Crippen molar-refractivity contribution in [3.63, 3.8) is 0 Å². The van der Waals surface area contributed by atoms with Crippen LogP contribution < -0.4 is 9.88 Å². The number of halogens is 1. The normalized spacial score (nSPS) is 10.9. The third-order valence-corrected chi connectivity index (χ3v) is 5.03. The summed E-state index contributed by atoms with van der Waals surface area (Å²) in [5, 5.41) is 14.7. The molecule has 0 atom stereocenters. The number of oxazole rings is 1. The monoisotopic (exact) mass is 445 g/mol. The number of hydroxylamine groups is 2. The van der Waals surface area contributed by atoms with Crippen LogP contribution in [0.3, 0.4) is 0 Å². The predicted molar refractivity (Wildman–Crippen MR) is 107 cm³/mol. The molecule has 0 fully saturated rings. The molecule has 3 rings (SSSR count). The molecule has 0 bridgehead atoms. The maximum Gasteiger partial charge on any atom is 0.322 e. The van der Waals surface area contributed by atoms with E-state index in [1.54, 1.807) is 6.07 Å². The molecule has 11 heteroatoms. The number of aromatic nitrogens is 1. The zero-order valence-electron chi connectivity index (χ0n) is 16.3. The number of primary sulfonamides is 1. The van der Waals surface area contributed by atoms with E-state index in [1.807, 2.05) is 0 Å². The summed E-state index contributed by atoms with van der Waals surface area (Å²) in [6, 6.07) is 9.73. The van der Waals surface area contributed by atoms with Crippen LogP contribution in [0.15, 0.2) is 51.8 Å². The van der Waals surface area contributed by atoms with Gasteiger partial charge in [0.15, 0.2) is 17.3 Å².